The second kappa shape index (κ2) is 4.97. The molecule has 2 rings (SSSR count). The zero-order valence-corrected chi connectivity index (χ0v) is 9.59. The van der Waals surface area contributed by atoms with Crippen LogP contribution in [0.15, 0.2) is 0 Å². The molecule has 1 aliphatic carbocycles. The van der Waals surface area contributed by atoms with E-state index in [9.17, 15) is 4.79 Å². The molecule has 0 spiro atoms. The van der Waals surface area contributed by atoms with Crippen molar-refractivity contribution >= 4 is 5.91 Å². The van der Waals surface area contributed by atoms with Gasteiger partial charge in [-0.15, -0.1) is 0 Å². The minimum Gasteiger partial charge on any atom is -0.352 e. The standard InChI is InChI=1S/C12H22N2O/c1-9(10-4-2-3-5-10)13-8-11-6-7-12(15)14-11/h9-11,13H,2-8H2,1H3,(H,14,15)/t9-,11?/m1/s1. The van der Waals surface area contributed by atoms with E-state index in [0.29, 0.717) is 18.5 Å². The predicted molar refractivity (Wildman–Crippen MR) is 60.6 cm³/mol. The van der Waals surface area contributed by atoms with Crippen LogP contribution in [0.1, 0.15) is 45.4 Å². The van der Waals surface area contributed by atoms with Crippen molar-refractivity contribution in [3.63, 3.8) is 0 Å². The highest BCUT2D eigenvalue weighted by Gasteiger charge is 2.24. The van der Waals surface area contributed by atoms with Gasteiger partial charge in [-0.2, -0.15) is 0 Å². The van der Waals surface area contributed by atoms with Crippen LogP contribution in [-0.4, -0.2) is 24.5 Å². The fourth-order valence-electron chi connectivity index (χ4n) is 2.78. The van der Waals surface area contributed by atoms with Crippen LogP contribution in [0.4, 0.5) is 0 Å². The number of hydrogen-bond acceptors (Lipinski definition) is 2. The molecule has 0 radical (unpaired) electrons. The third-order valence-electron chi connectivity index (χ3n) is 3.88. The fraction of sp³-hybridized carbons (Fsp3) is 0.917. The van der Waals surface area contributed by atoms with E-state index in [1.807, 2.05) is 0 Å². The second-order valence-corrected chi connectivity index (χ2v) is 5.04. The Kier molecular flexibility index (Phi) is 3.62. The zero-order valence-electron chi connectivity index (χ0n) is 9.59. The summed E-state index contributed by atoms with van der Waals surface area (Å²) in [5, 5.41) is 6.57. The van der Waals surface area contributed by atoms with Gasteiger partial charge in [0.15, 0.2) is 0 Å². The summed E-state index contributed by atoms with van der Waals surface area (Å²) in [5.41, 5.74) is 0. The van der Waals surface area contributed by atoms with Gasteiger partial charge in [0, 0.05) is 25.0 Å². The van der Waals surface area contributed by atoms with E-state index in [1.54, 1.807) is 0 Å². The lowest BCUT2D eigenvalue weighted by atomic mass is 9.99. The van der Waals surface area contributed by atoms with Gasteiger partial charge in [0.05, 0.1) is 0 Å². The lowest BCUT2D eigenvalue weighted by Gasteiger charge is -2.22. The largest absolute Gasteiger partial charge is 0.352 e. The van der Waals surface area contributed by atoms with Gasteiger partial charge in [0.1, 0.15) is 0 Å². The summed E-state index contributed by atoms with van der Waals surface area (Å²) in [4.78, 5) is 11.0. The van der Waals surface area contributed by atoms with E-state index in [4.69, 9.17) is 0 Å². The average Bonchev–Trinajstić information content (AvgIpc) is 2.84. The molecule has 0 aromatic rings. The van der Waals surface area contributed by atoms with Gasteiger partial charge in [-0.05, 0) is 32.1 Å². The van der Waals surface area contributed by atoms with Crippen LogP contribution in [-0.2, 0) is 4.79 Å². The summed E-state index contributed by atoms with van der Waals surface area (Å²) in [6, 6.07) is 0.992. The van der Waals surface area contributed by atoms with Gasteiger partial charge in [-0.3, -0.25) is 4.79 Å². The van der Waals surface area contributed by atoms with Crippen LogP contribution in [0.2, 0.25) is 0 Å². The first kappa shape index (κ1) is 10.9. The van der Waals surface area contributed by atoms with Crippen LogP contribution in [0.5, 0.6) is 0 Å². The summed E-state index contributed by atoms with van der Waals surface area (Å²) < 4.78 is 0. The molecule has 0 aromatic carbocycles. The first-order valence-corrected chi connectivity index (χ1v) is 6.28. The van der Waals surface area contributed by atoms with E-state index >= 15 is 0 Å². The van der Waals surface area contributed by atoms with E-state index < -0.39 is 0 Å². The number of rotatable bonds is 4. The first-order chi connectivity index (χ1) is 7.25. The Morgan fingerprint density at radius 3 is 2.73 bits per heavy atom. The Morgan fingerprint density at radius 1 is 1.40 bits per heavy atom. The minimum absolute atomic E-state index is 0.218. The van der Waals surface area contributed by atoms with Crippen LogP contribution in [0.25, 0.3) is 0 Å². The number of nitrogens with one attached hydrogen (secondary N) is 2. The zero-order chi connectivity index (χ0) is 10.7. The van der Waals surface area contributed by atoms with Gasteiger partial charge in [0.2, 0.25) is 5.91 Å². The van der Waals surface area contributed by atoms with Gasteiger partial charge in [-0.25, -0.2) is 0 Å². The van der Waals surface area contributed by atoms with Crippen molar-refractivity contribution in [1.29, 1.82) is 0 Å². The van der Waals surface area contributed by atoms with Crippen LogP contribution < -0.4 is 10.6 Å². The summed E-state index contributed by atoms with van der Waals surface area (Å²) in [5.74, 6) is 1.08. The summed E-state index contributed by atoms with van der Waals surface area (Å²) in [6.07, 6.45) is 7.28. The number of amides is 1. The Labute approximate surface area is 92.0 Å². The number of carbonyl (C=O) groups is 1. The maximum Gasteiger partial charge on any atom is 0.220 e. The fourth-order valence-corrected chi connectivity index (χ4v) is 2.78. The summed E-state index contributed by atoms with van der Waals surface area (Å²) in [7, 11) is 0. The molecular weight excluding hydrogens is 188 g/mol. The Hall–Kier alpha value is -0.570. The summed E-state index contributed by atoms with van der Waals surface area (Å²) >= 11 is 0. The molecular formula is C12H22N2O. The second-order valence-electron chi connectivity index (χ2n) is 5.04. The van der Waals surface area contributed by atoms with Gasteiger partial charge in [0.25, 0.3) is 0 Å². The van der Waals surface area contributed by atoms with Crippen LogP contribution in [0, 0.1) is 5.92 Å². The molecule has 1 saturated heterocycles. The molecule has 15 heavy (non-hydrogen) atoms. The average molecular weight is 210 g/mol. The Morgan fingerprint density at radius 2 is 2.13 bits per heavy atom. The van der Waals surface area contributed by atoms with E-state index in [2.05, 4.69) is 17.6 Å². The number of hydrogen-bond donors (Lipinski definition) is 2. The Bertz CT molecular complexity index is 224. The lowest BCUT2D eigenvalue weighted by Crippen LogP contribution is -2.41. The highest BCUT2D eigenvalue weighted by atomic mass is 16.1. The SMILES string of the molecule is C[C@@H](NCC1CCC(=O)N1)C1CCCC1. The molecule has 2 atom stereocenters. The van der Waals surface area contributed by atoms with Crippen molar-refractivity contribution in [2.24, 2.45) is 5.92 Å². The smallest absolute Gasteiger partial charge is 0.220 e. The molecule has 0 aromatic heterocycles. The van der Waals surface area contributed by atoms with Crippen molar-refractivity contribution in [3.8, 4) is 0 Å². The van der Waals surface area contributed by atoms with Gasteiger partial charge < -0.3 is 10.6 Å². The quantitative estimate of drug-likeness (QED) is 0.737. The molecule has 3 heteroatoms. The molecule has 2 fully saturated rings. The van der Waals surface area contributed by atoms with E-state index in [0.717, 1.165) is 18.9 Å². The molecule has 0 bridgehead atoms. The van der Waals surface area contributed by atoms with Crippen molar-refractivity contribution in [3.05, 3.63) is 0 Å². The summed E-state index contributed by atoms with van der Waals surface area (Å²) in [6.45, 7) is 3.23. The van der Waals surface area contributed by atoms with Crippen molar-refractivity contribution in [2.45, 2.75) is 57.5 Å². The van der Waals surface area contributed by atoms with Gasteiger partial charge in [-0.1, -0.05) is 12.8 Å². The Balaban J connectivity index is 1.66. The molecule has 2 N–H and O–H groups in total. The first-order valence-electron chi connectivity index (χ1n) is 6.28. The minimum atomic E-state index is 0.218. The molecule has 1 heterocycles. The molecule has 1 amide bonds. The highest BCUT2D eigenvalue weighted by molar-refractivity contribution is 5.78. The third-order valence-corrected chi connectivity index (χ3v) is 3.88. The molecule has 86 valence electrons. The van der Waals surface area contributed by atoms with Crippen LogP contribution in [0.3, 0.4) is 0 Å². The van der Waals surface area contributed by atoms with Crippen molar-refractivity contribution < 1.29 is 4.79 Å². The van der Waals surface area contributed by atoms with E-state index in [-0.39, 0.29) is 5.91 Å². The number of carbonyl (C=O) groups excluding carboxylic acids is 1. The van der Waals surface area contributed by atoms with E-state index in [1.165, 1.54) is 25.7 Å². The predicted octanol–water partition coefficient (Wildman–Crippen LogP) is 1.43. The molecule has 1 saturated carbocycles. The molecule has 3 nitrogen and oxygen atoms in total. The topological polar surface area (TPSA) is 41.1 Å². The molecule has 2 aliphatic rings. The monoisotopic (exact) mass is 210 g/mol. The van der Waals surface area contributed by atoms with Gasteiger partial charge >= 0.3 is 0 Å². The third kappa shape index (κ3) is 2.94. The maximum absolute atomic E-state index is 11.0. The molecule has 1 unspecified atom stereocenters. The maximum atomic E-state index is 11.0. The van der Waals surface area contributed by atoms with Crippen molar-refractivity contribution in [2.75, 3.05) is 6.54 Å². The van der Waals surface area contributed by atoms with Crippen LogP contribution >= 0.6 is 0 Å². The van der Waals surface area contributed by atoms with Crippen molar-refractivity contribution in [1.82, 2.24) is 10.6 Å². The normalized spacial score (nSPS) is 29.4. The highest BCUT2D eigenvalue weighted by Crippen LogP contribution is 2.27. The lowest BCUT2D eigenvalue weighted by molar-refractivity contribution is -0.119. The molecule has 1 aliphatic heterocycles.